The first-order chi connectivity index (χ1) is 13.7. The first kappa shape index (κ1) is 18.2. The summed E-state index contributed by atoms with van der Waals surface area (Å²) in [4.78, 5) is 14.4. The Kier molecular flexibility index (Phi) is 5.09. The Labute approximate surface area is 162 Å². The molecule has 28 heavy (non-hydrogen) atoms. The van der Waals surface area contributed by atoms with Crippen LogP contribution >= 0.6 is 0 Å². The number of amides is 1. The number of nitriles is 1. The second kappa shape index (κ2) is 7.83. The molecule has 1 saturated heterocycles. The van der Waals surface area contributed by atoms with Gasteiger partial charge in [0, 0.05) is 5.56 Å². The van der Waals surface area contributed by atoms with E-state index in [1.807, 2.05) is 42.5 Å². The molecule has 2 bridgehead atoms. The van der Waals surface area contributed by atoms with Crippen LogP contribution in [0.2, 0.25) is 0 Å². The molecule has 0 N–H and O–H groups in total. The molecule has 142 valence electrons. The number of benzene rings is 2. The van der Waals surface area contributed by atoms with Gasteiger partial charge >= 0.3 is 6.09 Å². The van der Waals surface area contributed by atoms with Crippen molar-refractivity contribution in [2.24, 2.45) is 0 Å². The largest absolute Gasteiger partial charge is 0.445 e. The summed E-state index contributed by atoms with van der Waals surface area (Å²) < 4.78 is 25.7. The summed E-state index contributed by atoms with van der Waals surface area (Å²) in [6.45, 7) is 0.902. The number of fused-ring (bicyclic) bond motifs is 2. The fourth-order valence-corrected chi connectivity index (χ4v) is 3.74. The molecule has 5 nitrogen and oxygen atoms in total. The Morgan fingerprint density at radius 3 is 2.79 bits per heavy atom. The predicted molar refractivity (Wildman–Crippen MR) is 101 cm³/mol. The van der Waals surface area contributed by atoms with Crippen LogP contribution in [0.3, 0.4) is 0 Å². The lowest BCUT2D eigenvalue weighted by Crippen LogP contribution is -2.56. The molecular formula is C22H19FN2O3. The number of halogens is 1. The molecule has 2 aromatic carbocycles. The van der Waals surface area contributed by atoms with Crippen LogP contribution in [0.1, 0.15) is 23.1 Å². The predicted octanol–water partition coefficient (Wildman–Crippen LogP) is 3.89. The summed E-state index contributed by atoms with van der Waals surface area (Å²) in [5.74, 6) is -0.518. The third-order valence-corrected chi connectivity index (χ3v) is 5.08. The molecule has 6 heteroatoms. The van der Waals surface area contributed by atoms with Crippen LogP contribution in [0, 0.1) is 17.1 Å². The van der Waals surface area contributed by atoms with Gasteiger partial charge in [0.25, 0.3) is 0 Å². The molecule has 1 fully saturated rings. The topological polar surface area (TPSA) is 62.6 Å². The van der Waals surface area contributed by atoms with Gasteiger partial charge in [-0.1, -0.05) is 48.5 Å². The summed E-state index contributed by atoms with van der Waals surface area (Å²) in [7, 11) is 0. The smallest absolute Gasteiger partial charge is 0.411 e. The van der Waals surface area contributed by atoms with Gasteiger partial charge in [-0.25, -0.2) is 9.18 Å². The number of hydrogen-bond donors (Lipinski definition) is 0. The highest BCUT2D eigenvalue weighted by atomic mass is 19.1. The van der Waals surface area contributed by atoms with Crippen molar-refractivity contribution in [2.45, 2.75) is 25.1 Å². The van der Waals surface area contributed by atoms with Gasteiger partial charge in [-0.15, -0.1) is 0 Å². The van der Waals surface area contributed by atoms with Crippen LogP contribution in [0.5, 0.6) is 0 Å². The quantitative estimate of drug-likeness (QED) is 0.813. The van der Waals surface area contributed by atoms with E-state index in [1.54, 1.807) is 17.0 Å². The molecule has 2 aromatic rings. The molecule has 0 aromatic heterocycles. The van der Waals surface area contributed by atoms with Gasteiger partial charge in [0.05, 0.1) is 30.9 Å². The summed E-state index contributed by atoms with van der Waals surface area (Å²) in [6.07, 6.45) is 1.89. The minimum atomic E-state index is -0.518. The van der Waals surface area contributed by atoms with E-state index in [2.05, 4.69) is 0 Å². The van der Waals surface area contributed by atoms with E-state index in [4.69, 9.17) is 14.7 Å². The molecule has 1 amide bonds. The van der Waals surface area contributed by atoms with Gasteiger partial charge in [-0.05, 0) is 23.6 Å². The lowest BCUT2D eigenvalue weighted by molar-refractivity contribution is -0.0342. The molecule has 0 spiro atoms. The fraction of sp³-hybridized carbons (Fsp3) is 0.273. The minimum Gasteiger partial charge on any atom is -0.445 e. The molecule has 0 aliphatic carbocycles. The number of carbonyl (C=O) groups excluding carboxylic acids is 1. The van der Waals surface area contributed by atoms with Gasteiger partial charge in [0.15, 0.2) is 0 Å². The van der Waals surface area contributed by atoms with Gasteiger partial charge in [0.2, 0.25) is 0 Å². The molecule has 2 atom stereocenters. The van der Waals surface area contributed by atoms with E-state index in [0.717, 1.165) is 11.1 Å². The number of rotatable bonds is 3. The Morgan fingerprint density at radius 2 is 2.04 bits per heavy atom. The number of hydrogen-bond acceptors (Lipinski definition) is 4. The first-order valence-electron chi connectivity index (χ1n) is 9.14. The summed E-state index contributed by atoms with van der Waals surface area (Å²) in [5.41, 5.74) is 2.14. The van der Waals surface area contributed by atoms with Crippen LogP contribution < -0.4 is 0 Å². The number of nitrogens with zero attached hydrogens (tertiary/aromatic N) is 2. The van der Waals surface area contributed by atoms with Gasteiger partial charge in [-0.3, -0.25) is 4.90 Å². The normalized spacial score (nSPS) is 20.9. The van der Waals surface area contributed by atoms with Gasteiger partial charge in [-0.2, -0.15) is 5.26 Å². The summed E-state index contributed by atoms with van der Waals surface area (Å²) in [6, 6.07) is 15.6. The fourth-order valence-electron chi connectivity index (χ4n) is 3.74. The number of carbonyl (C=O) groups is 1. The van der Waals surface area contributed by atoms with Crippen molar-refractivity contribution in [3.63, 3.8) is 0 Å². The molecule has 0 radical (unpaired) electrons. The lowest BCUT2D eigenvalue weighted by Gasteiger charge is -2.43. The van der Waals surface area contributed by atoms with E-state index in [-0.39, 0.29) is 24.3 Å². The zero-order valence-electron chi connectivity index (χ0n) is 15.2. The first-order valence-corrected chi connectivity index (χ1v) is 9.14. The molecular weight excluding hydrogens is 359 g/mol. The van der Waals surface area contributed by atoms with Crippen molar-refractivity contribution >= 4 is 11.7 Å². The Morgan fingerprint density at radius 1 is 1.21 bits per heavy atom. The molecule has 0 saturated carbocycles. The van der Waals surface area contributed by atoms with E-state index >= 15 is 0 Å². The van der Waals surface area contributed by atoms with E-state index in [9.17, 15) is 9.18 Å². The van der Waals surface area contributed by atoms with Gasteiger partial charge < -0.3 is 9.47 Å². The maximum Gasteiger partial charge on any atom is 0.411 e. The van der Waals surface area contributed by atoms with Crippen LogP contribution in [-0.4, -0.2) is 36.3 Å². The van der Waals surface area contributed by atoms with Crippen molar-refractivity contribution < 1.29 is 18.7 Å². The van der Waals surface area contributed by atoms with Crippen molar-refractivity contribution in [3.05, 3.63) is 77.1 Å². The van der Waals surface area contributed by atoms with Crippen molar-refractivity contribution in [1.29, 1.82) is 5.26 Å². The zero-order chi connectivity index (χ0) is 19.5. The van der Waals surface area contributed by atoms with Crippen LogP contribution in [-0.2, 0) is 16.1 Å². The second-order valence-corrected chi connectivity index (χ2v) is 6.88. The number of morpholine rings is 1. The monoisotopic (exact) mass is 378 g/mol. The highest BCUT2D eigenvalue weighted by Crippen LogP contribution is 2.34. The highest BCUT2D eigenvalue weighted by molar-refractivity contribution is 5.75. The second-order valence-electron chi connectivity index (χ2n) is 6.88. The molecule has 4 rings (SSSR count). The Hall–Kier alpha value is -3.17. The van der Waals surface area contributed by atoms with E-state index in [0.29, 0.717) is 25.2 Å². The van der Waals surface area contributed by atoms with E-state index < -0.39 is 11.9 Å². The van der Waals surface area contributed by atoms with Crippen LogP contribution in [0.4, 0.5) is 9.18 Å². The Balaban J connectivity index is 1.55. The van der Waals surface area contributed by atoms with Crippen molar-refractivity contribution in [3.8, 4) is 6.07 Å². The molecule has 2 aliphatic heterocycles. The summed E-state index contributed by atoms with van der Waals surface area (Å²) in [5, 5.41) is 9.07. The van der Waals surface area contributed by atoms with Gasteiger partial charge in [0.1, 0.15) is 18.5 Å². The third-order valence-electron chi connectivity index (χ3n) is 5.08. The Bertz CT molecular complexity index is 952. The van der Waals surface area contributed by atoms with Crippen molar-refractivity contribution in [2.75, 3.05) is 13.2 Å². The molecule has 2 heterocycles. The molecule has 2 unspecified atom stereocenters. The third kappa shape index (κ3) is 3.49. The standard InChI is InChI=1S/C22H19FN2O3/c23-21-16(11-24)7-4-8-20(21)17-9-18-13-27-14-19(10-17)25(18)22(26)28-12-15-5-2-1-3-6-15/h1-9,18-19H,10,12-14H2. The maximum atomic E-state index is 14.6. The average Bonchev–Trinajstić information content (AvgIpc) is 2.72. The van der Waals surface area contributed by atoms with Crippen LogP contribution in [0.15, 0.2) is 54.6 Å². The SMILES string of the molecule is N#Cc1cccc(C2=CC3COCC(C2)N3C(=O)OCc2ccccc2)c1F. The zero-order valence-corrected chi connectivity index (χ0v) is 15.2. The van der Waals surface area contributed by atoms with Crippen LogP contribution in [0.25, 0.3) is 5.57 Å². The highest BCUT2D eigenvalue weighted by Gasteiger charge is 2.39. The van der Waals surface area contributed by atoms with E-state index in [1.165, 1.54) is 6.07 Å². The average molecular weight is 378 g/mol. The lowest BCUT2D eigenvalue weighted by atomic mass is 9.89. The maximum absolute atomic E-state index is 14.6. The number of ether oxygens (including phenoxy) is 2. The minimum absolute atomic E-state index is 0.0181. The van der Waals surface area contributed by atoms with Crippen molar-refractivity contribution in [1.82, 2.24) is 4.90 Å². The molecule has 2 aliphatic rings. The summed E-state index contributed by atoms with van der Waals surface area (Å²) >= 11 is 0.